The van der Waals surface area contributed by atoms with Gasteiger partial charge in [0.05, 0.1) is 16.7 Å². The summed E-state index contributed by atoms with van der Waals surface area (Å²) in [6.45, 7) is 6.80. The summed E-state index contributed by atoms with van der Waals surface area (Å²) in [5, 5.41) is 0. The largest absolute Gasteiger partial charge is 0.462 e. The van der Waals surface area contributed by atoms with E-state index in [0.29, 0.717) is 5.69 Å². The second kappa shape index (κ2) is 8.22. The third-order valence-corrected chi connectivity index (χ3v) is 6.19. The number of sulfonamides is 1. The van der Waals surface area contributed by atoms with Crippen molar-refractivity contribution in [1.29, 1.82) is 0 Å². The molecule has 0 bridgehead atoms. The molecule has 0 spiro atoms. The smallest absolute Gasteiger partial charge is 0.327 e. The lowest BCUT2D eigenvalue weighted by atomic mass is 10.1. The van der Waals surface area contributed by atoms with E-state index in [-0.39, 0.29) is 17.5 Å². The Hall–Kier alpha value is -1.86. The van der Waals surface area contributed by atoms with Crippen molar-refractivity contribution in [1.82, 2.24) is 0 Å². The zero-order valence-electron chi connectivity index (χ0n) is 15.2. The maximum atomic E-state index is 13.2. The third kappa shape index (κ3) is 4.65. The molecule has 0 saturated carbocycles. The van der Waals surface area contributed by atoms with E-state index < -0.39 is 16.0 Å². The van der Waals surface area contributed by atoms with Crippen LogP contribution in [0.25, 0.3) is 0 Å². The van der Waals surface area contributed by atoms with E-state index >= 15 is 0 Å². The van der Waals surface area contributed by atoms with Crippen LogP contribution in [0.1, 0.15) is 25.0 Å². The van der Waals surface area contributed by atoms with Gasteiger partial charge in [-0.1, -0.05) is 28.1 Å². The van der Waals surface area contributed by atoms with Crippen molar-refractivity contribution in [2.45, 2.75) is 38.7 Å². The van der Waals surface area contributed by atoms with Crippen LogP contribution in [0.2, 0.25) is 0 Å². The zero-order chi connectivity index (χ0) is 19.5. The summed E-state index contributed by atoms with van der Waals surface area (Å²) in [5.41, 5.74) is 2.20. The molecule has 26 heavy (non-hydrogen) atoms. The fourth-order valence-electron chi connectivity index (χ4n) is 2.46. The number of halogens is 1. The molecule has 0 unspecified atom stereocenters. The lowest BCUT2D eigenvalue weighted by molar-refractivity contribution is -0.145. The van der Waals surface area contributed by atoms with Gasteiger partial charge in [-0.05, 0) is 69.2 Å². The van der Waals surface area contributed by atoms with E-state index in [0.717, 1.165) is 19.9 Å². The first kappa shape index (κ1) is 20.5. The molecule has 0 aliphatic rings. The topological polar surface area (TPSA) is 63.7 Å². The molecule has 0 saturated heterocycles. The maximum Gasteiger partial charge on any atom is 0.327 e. The number of hydrogen-bond acceptors (Lipinski definition) is 4. The maximum absolute atomic E-state index is 13.2. The molecule has 0 heterocycles. The normalized spacial score (nSPS) is 11.5. The molecule has 5 nitrogen and oxygen atoms in total. The van der Waals surface area contributed by atoms with E-state index in [2.05, 4.69) is 15.9 Å². The highest BCUT2D eigenvalue weighted by Crippen LogP contribution is 2.29. The van der Waals surface area contributed by atoms with Gasteiger partial charge in [-0.2, -0.15) is 0 Å². The number of carbonyl (C=O) groups is 1. The highest BCUT2D eigenvalue weighted by Gasteiger charge is 2.29. The number of benzene rings is 2. The molecule has 2 rings (SSSR count). The SMILES string of the molecule is Cc1cccc(N(CC(=O)OC(C)C)S(=O)(=O)c2ccc(Br)cc2)c1C. The van der Waals surface area contributed by atoms with Gasteiger partial charge in [0.2, 0.25) is 0 Å². The van der Waals surface area contributed by atoms with E-state index in [1.54, 1.807) is 38.1 Å². The van der Waals surface area contributed by atoms with Crippen LogP contribution in [0.5, 0.6) is 0 Å². The van der Waals surface area contributed by atoms with Crippen molar-refractivity contribution in [2.24, 2.45) is 0 Å². The van der Waals surface area contributed by atoms with Crippen LogP contribution in [0.4, 0.5) is 5.69 Å². The van der Waals surface area contributed by atoms with Crippen molar-refractivity contribution in [3.05, 3.63) is 58.1 Å². The number of ether oxygens (including phenoxy) is 1. The third-order valence-electron chi connectivity index (χ3n) is 3.89. The van der Waals surface area contributed by atoms with Crippen LogP contribution in [-0.2, 0) is 19.6 Å². The number of carbonyl (C=O) groups excluding carboxylic acids is 1. The molecule has 0 aromatic heterocycles. The van der Waals surface area contributed by atoms with Gasteiger partial charge < -0.3 is 4.74 Å². The van der Waals surface area contributed by atoms with E-state index in [1.165, 1.54) is 12.1 Å². The minimum atomic E-state index is -3.93. The number of hydrogen-bond donors (Lipinski definition) is 0. The lowest BCUT2D eigenvalue weighted by Gasteiger charge is -2.26. The molecule has 0 aliphatic carbocycles. The van der Waals surface area contributed by atoms with Crippen LogP contribution < -0.4 is 4.31 Å². The molecule has 0 amide bonds. The number of aryl methyl sites for hydroxylation is 1. The summed E-state index contributed by atoms with van der Waals surface area (Å²) in [6.07, 6.45) is -0.321. The fraction of sp³-hybridized carbons (Fsp3) is 0.316. The molecule has 0 radical (unpaired) electrons. The highest BCUT2D eigenvalue weighted by molar-refractivity contribution is 9.10. The Kier molecular flexibility index (Phi) is 6.47. The van der Waals surface area contributed by atoms with Crippen molar-refractivity contribution < 1.29 is 17.9 Å². The van der Waals surface area contributed by atoms with Gasteiger partial charge in [0.1, 0.15) is 6.54 Å². The van der Waals surface area contributed by atoms with Crippen LogP contribution in [0.3, 0.4) is 0 Å². The Morgan fingerprint density at radius 1 is 1.12 bits per heavy atom. The number of esters is 1. The van der Waals surface area contributed by atoms with Gasteiger partial charge in [-0.15, -0.1) is 0 Å². The van der Waals surface area contributed by atoms with Gasteiger partial charge in [0.25, 0.3) is 10.0 Å². The average Bonchev–Trinajstić information content (AvgIpc) is 2.55. The molecular weight excluding hydrogens is 418 g/mol. The second-order valence-electron chi connectivity index (χ2n) is 6.22. The van der Waals surface area contributed by atoms with Crippen molar-refractivity contribution in [3.8, 4) is 0 Å². The molecule has 0 fully saturated rings. The summed E-state index contributed by atoms with van der Waals surface area (Å²) in [5.74, 6) is -0.596. The van der Waals surface area contributed by atoms with Crippen LogP contribution in [0.15, 0.2) is 51.8 Å². The minimum Gasteiger partial charge on any atom is -0.462 e. The summed E-state index contributed by atoms with van der Waals surface area (Å²) in [4.78, 5) is 12.3. The molecule has 140 valence electrons. The first-order valence-electron chi connectivity index (χ1n) is 8.17. The summed E-state index contributed by atoms with van der Waals surface area (Å²) < 4.78 is 33.5. The molecular formula is C19H22BrNO4S. The Balaban J connectivity index is 2.54. The molecule has 0 N–H and O–H groups in total. The fourth-order valence-corrected chi connectivity index (χ4v) is 4.19. The first-order chi connectivity index (χ1) is 12.1. The summed E-state index contributed by atoms with van der Waals surface area (Å²) >= 11 is 3.30. The van der Waals surface area contributed by atoms with Crippen molar-refractivity contribution >= 4 is 37.6 Å². The predicted octanol–water partition coefficient (Wildman–Crippen LogP) is 4.21. The van der Waals surface area contributed by atoms with E-state index in [9.17, 15) is 13.2 Å². The molecule has 0 atom stereocenters. The molecule has 2 aromatic rings. The Bertz CT molecular complexity index is 892. The van der Waals surface area contributed by atoms with Crippen LogP contribution >= 0.6 is 15.9 Å². The molecule has 7 heteroatoms. The first-order valence-corrected chi connectivity index (χ1v) is 10.4. The Morgan fingerprint density at radius 3 is 2.31 bits per heavy atom. The van der Waals surface area contributed by atoms with Crippen LogP contribution in [-0.4, -0.2) is 27.0 Å². The van der Waals surface area contributed by atoms with Gasteiger partial charge in [-0.3, -0.25) is 9.10 Å². The zero-order valence-corrected chi connectivity index (χ0v) is 17.6. The van der Waals surface area contributed by atoms with Gasteiger partial charge in [0, 0.05) is 4.47 Å². The van der Waals surface area contributed by atoms with E-state index in [4.69, 9.17) is 4.74 Å². The van der Waals surface area contributed by atoms with Gasteiger partial charge in [0.15, 0.2) is 0 Å². The summed E-state index contributed by atoms with van der Waals surface area (Å²) in [7, 11) is -3.93. The lowest BCUT2D eigenvalue weighted by Crippen LogP contribution is -2.37. The monoisotopic (exact) mass is 439 g/mol. The van der Waals surface area contributed by atoms with Crippen molar-refractivity contribution in [3.63, 3.8) is 0 Å². The van der Waals surface area contributed by atoms with E-state index in [1.807, 2.05) is 19.9 Å². The molecule has 2 aromatic carbocycles. The standard InChI is InChI=1S/C19H22BrNO4S/c1-13(2)25-19(22)12-21(18-7-5-6-14(3)15(18)4)26(23,24)17-10-8-16(20)9-11-17/h5-11,13H,12H2,1-4H3. The quantitative estimate of drug-likeness (QED) is 0.632. The number of nitrogens with zero attached hydrogens (tertiary/aromatic N) is 1. The average molecular weight is 440 g/mol. The molecule has 0 aliphatic heterocycles. The number of anilines is 1. The van der Waals surface area contributed by atoms with Gasteiger partial charge >= 0.3 is 5.97 Å². The second-order valence-corrected chi connectivity index (χ2v) is 9.00. The van der Waals surface area contributed by atoms with Crippen LogP contribution in [0, 0.1) is 13.8 Å². The Morgan fingerprint density at radius 2 is 1.73 bits per heavy atom. The summed E-state index contributed by atoms with van der Waals surface area (Å²) in [6, 6.07) is 11.7. The predicted molar refractivity (Wildman–Crippen MR) is 106 cm³/mol. The Labute approximate surface area is 163 Å². The minimum absolute atomic E-state index is 0.110. The highest BCUT2D eigenvalue weighted by atomic mass is 79.9. The van der Waals surface area contributed by atoms with Gasteiger partial charge in [-0.25, -0.2) is 8.42 Å². The van der Waals surface area contributed by atoms with Crippen molar-refractivity contribution in [2.75, 3.05) is 10.8 Å². The number of rotatable bonds is 6.